The number of amides is 2. The maximum atomic E-state index is 12.8. The summed E-state index contributed by atoms with van der Waals surface area (Å²) in [7, 11) is -3.30. The van der Waals surface area contributed by atoms with Crippen molar-refractivity contribution in [2.45, 2.75) is 45.1 Å². The quantitative estimate of drug-likeness (QED) is 0.747. The van der Waals surface area contributed by atoms with E-state index in [-0.39, 0.29) is 23.3 Å². The Hall–Kier alpha value is -1.15. The molecule has 3 saturated heterocycles. The van der Waals surface area contributed by atoms with Crippen molar-refractivity contribution in [2.24, 2.45) is 17.8 Å². The molecule has 0 bridgehead atoms. The summed E-state index contributed by atoms with van der Waals surface area (Å²) in [6.07, 6.45) is 3.97. The summed E-state index contributed by atoms with van der Waals surface area (Å²) in [6.45, 7) is 4.97. The van der Waals surface area contributed by atoms with E-state index in [2.05, 4.69) is 12.2 Å². The monoisotopic (exact) mass is 386 g/mol. The second kappa shape index (κ2) is 8.25. The van der Waals surface area contributed by atoms with Crippen LogP contribution in [-0.2, 0) is 24.2 Å². The van der Waals surface area contributed by atoms with Gasteiger partial charge in [0.05, 0.1) is 23.5 Å². The van der Waals surface area contributed by atoms with Gasteiger partial charge in [-0.15, -0.1) is 0 Å². The standard InChI is InChI=1S/C18H30N2O5S/c1-13-4-7-20(8-5-13)18(22)15-11-26(23,24)12-16(15)19-17(21)3-2-14-6-9-25-10-14/h13-16H,2-12H2,1H3,(H,19,21)/t14?,15-,16-/m1/s1. The largest absolute Gasteiger partial charge is 0.381 e. The van der Waals surface area contributed by atoms with Crippen LogP contribution < -0.4 is 5.32 Å². The Morgan fingerprint density at radius 3 is 2.54 bits per heavy atom. The number of likely N-dealkylation sites (tertiary alicyclic amines) is 1. The molecule has 148 valence electrons. The molecule has 3 heterocycles. The molecule has 0 aromatic rings. The Balaban J connectivity index is 1.56. The highest BCUT2D eigenvalue weighted by Crippen LogP contribution is 2.25. The van der Waals surface area contributed by atoms with Crippen LogP contribution in [0.25, 0.3) is 0 Å². The Kier molecular flexibility index (Phi) is 6.22. The van der Waals surface area contributed by atoms with Gasteiger partial charge in [-0.1, -0.05) is 6.92 Å². The van der Waals surface area contributed by atoms with Crippen LogP contribution in [0.3, 0.4) is 0 Å². The van der Waals surface area contributed by atoms with Gasteiger partial charge in [0.2, 0.25) is 11.8 Å². The second-order valence-electron chi connectivity index (χ2n) is 8.13. The van der Waals surface area contributed by atoms with E-state index in [9.17, 15) is 18.0 Å². The van der Waals surface area contributed by atoms with Gasteiger partial charge in [-0.3, -0.25) is 9.59 Å². The number of nitrogens with zero attached hydrogens (tertiary/aromatic N) is 1. The lowest BCUT2D eigenvalue weighted by Gasteiger charge is -2.33. The Morgan fingerprint density at radius 1 is 1.15 bits per heavy atom. The number of carbonyl (C=O) groups excluding carboxylic acids is 2. The molecule has 26 heavy (non-hydrogen) atoms. The first-order chi connectivity index (χ1) is 12.3. The smallest absolute Gasteiger partial charge is 0.228 e. The third-order valence-corrected chi connectivity index (χ3v) is 7.65. The van der Waals surface area contributed by atoms with Crippen molar-refractivity contribution in [3.8, 4) is 0 Å². The lowest BCUT2D eigenvalue weighted by Crippen LogP contribution is -2.49. The van der Waals surface area contributed by atoms with Gasteiger partial charge in [0.1, 0.15) is 0 Å². The summed E-state index contributed by atoms with van der Waals surface area (Å²) in [5.74, 6) is -0.212. The van der Waals surface area contributed by atoms with E-state index in [1.165, 1.54) is 0 Å². The zero-order valence-corrected chi connectivity index (χ0v) is 16.3. The summed E-state index contributed by atoms with van der Waals surface area (Å²) in [6, 6.07) is -0.598. The summed E-state index contributed by atoms with van der Waals surface area (Å²) < 4.78 is 29.5. The predicted octanol–water partition coefficient (Wildman–Crippen LogP) is 0.591. The molecular formula is C18H30N2O5S. The SMILES string of the molecule is CC1CCN(C(=O)[C@@H]2CS(=O)(=O)C[C@H]2NC(=O)CCC2CCOC2)CC1. The molecule has 3 aliphatic rings. The molecule has 3 aliphatic heterocycles. The number of rotatable bonds is 5. The number of sulfone groups is 1. The van der Waals surface area contributed by atoms with Crippen LogP contribution in [0, 0.1) is 17.8 Å². The minimum Gasteiger partial charge on any atom is -0.381 e. The van der Waals surface area contributed by atoms with Crippen LogP contribution in [0.15, 0.2) is 0 Å². The zero-order chi connectivity index (χ0) is 18.7. The second-order valence-corrected chi connectivity index (χ2v) is 10.3. The number of hydrogen-bond donors (Lipinski definition) is 1. The first kappa shape index (κ1) is 19.6. The number of hydrogen-bond acceptors (Lipinski definition) is 5. The molecule has 0 saturated carbocycles. The number of carbonyl (C=O) groups is 2. The van der Waals surface area contributed by atoms with Gasteiger partial charge < -0.3 is 15.0 Å². The van der Waals surface area contributed by atoms with Crippen molar-refractivity contribution in [3.05, 3.63) is 0 Å². The van der Waals surface area contributed by atoms with E-state index in [1.807, 2.05) is 0 Å². The molecule has 1 unspecified atom stereocenters. The molecular weight excluding hydrogens is 356 g/mol. The minimum absolute atomic E-state index is 0.118. The van der Waals surface area contributed by atoms with Gasteiger partial charge in [0.15, 0.2) is 9.84 Å². The normalized spacial score (nSPS) is 31.9. The topological polar surface area (TPSA) is 92.8 Å². The van der Waals surface area contributed by atoms with Gasteiger partial charge in [-0.25, -0.2) is 8.42 Å². The third kappa shape index (κ3) is 4.97. The molecule has 0 spiro atoms. The molecule has 0 aromatic heterocycles. The fourth-order valence-corrected chi connectivity index (χ4v) is 6.04. The van der Waals surface area contributed by atoms with Crippen LogP contribution in [0.4, 0.5) is 0 Å². The fraction of sp³-hybridized carbons (Fsp3) is 0.889. The van der Waals surface area contributed by atoms with E-state index in [1.54, 1.807) is 4.90 Å². The molecule has 0 radical (unpaired) electrons. The van der Waals surface area contributed by atoms with Crippen LogP contribution in [0.1, 0.15) is 39.0 Å². The molecule has 7 nitrogen and oxygen atoms in total. The molecule has 3 rings (SSSR count). The van der Waals surface area contributed by atoms with E-state index >= 15 is 0 Å². The number of nitrogens with one attached hydrogen (secondary N) is 1. The molecule has 1 N–H and O–H groups in total. The van der Waals surface area contributed by atoms with Crippen LogP contribution >= 0.6 is 0 Å². The van der Waals surface area contributed by atoms with Crippen molar-refractivity contribution in [2.75, 3.05) is 37.8 Å². The maximum Gasteiger partial charge on any atom is 0.228 e. The lowest BCUT2D eigenvalue weighted by atomic mass is 9.96. The molecule has 2 amide bonds. The highest BCUT2D eigenvalue weighted by atomic mass is 32.2. The first-order valence-electron chi connectivity index (χ1n) is 9.70. The van der Waals surface area contributed by atoms with Gasteiger partial charge in [0, 0.05) is 32.7 Å². The zero-order valence-electron chi connectivity index (χ0n) is 15.5. The van der Waals surface area contributed by atoms with Crippen molar-refractivity contribution < 1.29 is 22.7 Å². The van der Waals surface area contributed by atoms with Crippen molar-refractivity contribution in [1.29, 1.82) is 0 Å². The number of piperidine rings is 1. The third-order valence-electron chi connectivity index (χ3n) is 5.92. The maximum absolute atomic E-state index is 12.8. The average Bonchev–Trinajstić information content (AvgIpc) is 3.20. The Labute approximate surface area is 155 Å². The predicted molar refractivity (Wildman–Crippen MR) is 97.2 cm³/mol. The van der Waals surface area contributed by atoms with Gasteiger partial charge in [-0.05, 0) is 37.5 Å². The highest BCUT2D eigenvalue weighted by molar-refractivity contribution is 7.91. The Bertz CT molecular complexity index is 621. The highest BCUT2D eigenvalue weighted by Gasteiger charge is 2.44. The molecule has 3 atom stereocenters. The summed E-state index contributed by atoms with van der Waals surface area (Å²) >= 11 is 0. The van der Waals surface area contributed by atoms with Crippen LogP contribution in [-0.4, -0.2) is 69.0 Å². The van der Waals surface area contributed by atoms with Crippen molar-refractivity contribution in [1.82, 2.24) is 10.2 Å². The molecule has 8 heteroatoms. The van der Waals surface area contributed by atoms with E-state index < -0.39 is 21.8 Å². The number of ether oxygens (including phenoxy) is 1. The molecule has 0 aromatic carbocycles. The summed E-state index contributed by atoms with van der Waals surface area (Å²) in [5.41, 5.74) is 0. The van der Waals surface area contributed by atoms with Gasteiger partial charge in [-0.2, -0.15) is 0 Å². The lowest BCUT2D eigenvalue weighted by molar-refractivity contribution is -0.137. The fourth-order valence-electron chi connectivity index (χ4n) is 4.12. The minimum atomic E-state index is -3.30. The van der Waals surface area contributed by atoms with Crippen molar-refractivity contribution in [3.63, 3.8) is 0 Å². The molecule has 3 fully saturated rings. The first-order valence-corrected chi connectivity index (χ1v) is 11.5. The van der Waals surface area contributed by atoms with Crippen LogP contribution in [0.2, 0.25) is 0 Å². The summed E-state index contributed by atoms with van der Waals surface area (Å²) in [4.78, 5) is 26.9. The van der Waals surface area contributed by atoms with Crippen molar-refractivity contribution >= 4 is 21.7 Å². The van der Waals surface area contributed by atoms with E-state index in [4.69, 9.17) is 4.74 Å². The van der Waals surface area contributed by atoms with Crippen LogP contribution in [0.5, 0.6) is 0 Å². The van der Waals surface area contributed by atoms with Gasteiger partial charge in [0.25, 0.3) is 0 Å². The Morgan fingerprint density at radius 2 is 1.88 bits per heavy atom. The van der Waals surface area contributed by atoms with E-state index in [0.717, 1.165) is 32.3 Å². The van der Waals surface area contributed by atoms with E-state index in [0.29, 0.717) is 38.0 Å². The van der Waals surface area contributed by atoms with Gasteiger partial charge >= 0.3 is 0 Å². The average molecular weight is 387 g/mol. The molecule has 0 aliphatic carbocycles. The summed E-state index contributed by atoms with van der Waals surface area (Å²) in [5, 5.41) is 2.83.